The SMILES string of the molecule is CC(C)C[C@H](NC(=O)[C@H](NC(=O)[C@H](C)N)C(C)C)C(=O)N[C@H](Cc1c[nH]c2ccccc12)C(=O)N[C@@H](C=O)CCC(=O)O. The van der Waals surface area contributed by atoms with Crippen molar-refractivity contribution >= 4 is 46.8 Å². The number of fused-ring (bicyclic) bond motifs is 1. The van der Waals surface area contributed by atoms with Crippen molar-refractivity contribution in [3.8, 4) is 0 Å². The van der Waals surface area contributed by atoms with Gasteiger partial charge in [-0.1, -0.05) is 45.9 Å². The maximum atomic E-state index is 13.6. The molecule has 0 fully saturated rings. The summed E-state index contributed by atoms with van der Waals surface area (Å²) in [5.41, 5.74) is 7.21. The minimum Gasteiger partial charge on any atom is -0.481 e. The number of H-pyrrole nitrogens is 1. The molecule has 13 heteroatoms. The van der Waals surface area contributed by atoms with Gasteiger partial charge in [-0.25, -0.2) is 0 Å². The van der Waals surface area contributed by atoms with Crippen LogP contribution in [0.25, 0.3) is 10.9 Å². The zero-order valence-electron chi connectivity index (χ0n) is 25.3. The van der Waals surface area contributed by atoms with Gasteiger partial charge in [0, 0.05) is 29.9 Å². The number of aromatic nitrogens is 1. The van der Waals surface area contributed by atoms with Crippen molar-refractivity contribution in [1.82, 2.24) is 26.3 Å². The number of aromatic amines is 1. The summed E-state index contributed by atoms with van der Waals surface area (Å²) in [6.07, 6.45) is 2.01. The van der Waals surface area contributed by atoms with E-state index < -0.39 is 59.8 Å². The smallest absolute Gasteiger partial charge is 0.303 e. The van der Waals surface area contributed by atoms with Crippen LogP contribution in [0.2, 0.25) is 0 Å². The van der Waals surface area contributed by atoms with E-state index in [4.69, 9.17) is 10.8 Å². The van der Waals surface area contributed by atoms with Gasteiger partial charge in [-0.3, -0.25) is 24.0 Å². The Balaban J connectivity index is 2.33. The van der Waals surface area contributed by atoms with Gasteiger partial charge in [-0.15, -0.1) is 0 Å². The quantitative estimate of drug-likeness (QED) is 0.128. The fourth-order valence-electron chi connectivity index (χ4n) is 4.52. The standard InChI is InChI=1S/C30H44N6O7/c1-16(2)12-23(35-30(43)26(17(3)4)36-27(40)18(5)31)29(42)34-24(28(41)33-20(15-37)10-11-25(38)39)13-19-14-32-22-9-7-6-8-21(19)22/h6-9,14-18,20,23-24,26,32H,10-13,31H2,1-5H3,(H,33,41)(H,34,42)(H,35,43)(H,36,40)(H,38,39)/t18-,20+,23-,24+,26+/m0/s1. The van der Waals surface area contributed by atoms with Crippen LogP contribution in [0.15, 0.2) is 30.5 Å². The van der Waals surface area contributed by atoms with E-state index in [0.717, 1.165) is 16.5 Å². The number of carbonyl (C=O) groups is 6. The van der Waals surface area contributed by atoms with Gasteiger partial charge in [0.1, 0.15) is 24.4 Å². The second-order valence-corrected chi connectivity index (χ2v) is 11.5. The Morgan fingerprint density at radius 3 is 2.09 bits per heavy atom. The summed E-state index contributed by atoms with van der Waals surface area (Å²) in [6, 6.07) is 2.35. The summed E-state index contributed by atoms with van der Waals surface area (Å²) in [4.78, 5) is 78.3. The Bertz CT molecular complexity index is 1290. The predicted molar refractivity (Wildman–Crippen MR) is 161 cm³/mol. The molecule has 0 unspecified atom stereocenters. The highest BCUT2D eigenvalue weighted by atomic mass is 16.4. The summed E-state index contributed by atoms with van der Waals surface area (Å²) in [5, 5.41) is 20.4. The van der Waals surface area contributed by atoms with E-state index in [-0.39, 0.29) is 37.5 Å². The van der Waals surface area contributed by atoms with Gasteiger partial charge in [0.2, 0.25) is 23.6 Å². The van der Waals surface area contributed by atoms with Crippen molar-refractivity contribution in [3.05, 3.63) is 36.0 Å². The summed E-state index contributed by atoms with van der Waals surface area (Å²) in [7, 11) is 0. The molecule has 4 amide bonds. The van der Waals surface area contributed by atoms with Crippen LogP contribution in [0.4, 0.5) is 0 Å². The number of hydrogen-bond donors (Lipinski definition) is 7. The number of aldehydes is 1. The lowest BCUT2D eigenvalue weighted by Crippen LogP contribution is -2.59. The van der Waals surface area contributed by atoms with E-state index in [1.165, 1.54) is 6.92 Å². The van der Waals surface area contributed by atoms with Crippen LogP contribution < -0.4 is 27.0 Å². The molecule has 13 nitrogen and oxygen atoms in total. The third-order valence-corrected chi connectivity index (χ3v) is 6.89. The number of carboxylic acid groups (broad SMARTS) is 1. The zero-order valence-corrected chi connectivity index (χ0v) is 25.3. The summed E-state index contributed by atoms with van der Waals surface area (Å²) in [5.74, 6) is -3.84. The summed E-state index contributed by atoms with van der Waals surface area (Å²) < 4.78 is 0. The lowest BCUT2D eigenvalue weighted by atomic mass is 9.98. The summed E-state index contributed by atoms with van der Waals surface area (Å²) in [6.45, 7) is 8.74. The van der Waals surface area contributed by atoms with E-state index in [1.807, 2.05) is 38.1 Å². The molecule has 1 aromatic carbocycles. The molecule has 0 aliphatic heterocycles. The van der Waals surface area contributed by atoms with Gasteiger partial charge in [0.15, 0.2) is 0 Å². The minimum atomic E-state index is -1.16. The molecule has 0 spiro atoms. The number of para-hydroxylation sites is 1. The van der Waals surface area contributed by atoms with Gasteiger partial charge in [-0.2, -0.15) is 0 Å². The molecule has 1 heterocycles. The van der Waals surface area contributed by atoms with Crippen LogP contribution in [0, 0.1) is 11.8 Å². The molecule has 43 heavy (non-hydrogen) atoms. The maximum absolute atomic E-state index is 13.6. The topological polar surface area (TPSA) is 213 Å². The molecule has 0 bridgehead atoms. The van der Waals surface area contributed by atoms with Crippen LogP contribution in [0.1, 0.15) is 59.4 Å². The number of amides is 4. The molecule has 236 valence electrons. The molecule has 0 saturated carbocycles. The lowest BCUT2D eigenvalue weighted by Gasteiger charge is -2.28. The first-order valence-corrected chi connectivity index (χ1v) is 14.4. The first kappa shape index (κ1) is 34.9. The van der Waals surface area contributed by atoms with E-state index in [2.05, 4.69) is 26.3 Å². The molecule has 8 N–H and O–H groups in total. The number of carboxylic acids is 1. The molecule has 2 aromatic rings. The molecule has 5 atom stereocenters. The third kappa shape index (κ3) is 10.8. The molecule has 0 aliphatic rings. The highest BCUT2D eigenvalue weighted by molar-refractivity contribution is 5.95. The Kier molecular flexibility index (Phi) is 13.3. The van der Waals surface area contributed by atoms with Crippen LogP contribution in [-0.4, -0.2) is 76.2 Å². The largest absolute Gasteiger partial charge is 0.481 e. The Morgan fingerprint density at radius 2 is 1.51 bits per heavy atom. The second kappa shape index (κ2) is 16.4. The summed E-state index contributed by atoms with van der Waals surface area (Å²) >= 11 is 0. The first-order chi connectivity index (χ1) is 20.2. The number of rotatable bonds is 17. The van der Waals surface area contributed by atoms with Gasteiger partial charge >= 0.3 is 5.97 Å². The zero-order chi connectivity index (χ0) is 32.3. The number of carbonyl (C=O) groups excluding carboxylic acids is 5. The fourth-order valence-corrected chi connectivity index (χ4v) is 4.52. The van der Waals surface area contributed by atoms with E-state index in [9.17, 15) is 28.8 Å². The van der Waals surface area contributed by atoms with Crippen molar-refractivity contribution < 1.29 is 33.9 Å². The second-order valence-electron chi connectivity index (χ2n) is 11.5. The van der Waals surface area contributed by atoms with E-state index in [1.54, 1.807) is 20.0 Å². The number of aliphatic carboxylic acids is 1. The normalized spacial score (nSPS) is 14.8. The predicted octanol–water partition coefficient (Wildman–Crippen LogP) is 0.763. The molecular weight excluding hydrogens is 556 g/mol. The van der Waals surface area contributed by atoms with E-state index in [0.29, 0.717) is 6.29 Å². The lowest BCUT2D eigenvalue weighted by molar-refractivity contribution is -0.137. The highest BCUT2D eigenvalue weighted by Gasteiger charge is 2.32. The molecule has 0 aliphatic carbocycles. The van der Waals surface area contributed by atoms with Gasteiger partial charge in [0.25, 0.3) is 0 Å². The maximum Gasteiger partial charge on any atom is 0.303 e. The van der Waals surface area contributed by atoms with Crippen LogP contribution in [-0.2, 0) is 35.2 Å². The van der Waals surface area contributed by atoms with Crippen LogP contribution in [0.5, 0.6) is 0 Å². The minimum absolute atomic E-state index is 0.0245. The fraction of sp³-hybridized carbons (Fsp3) is 0.533. The monoisotopic (exact) mass is 600 g/mol. The Morgan fingerprint density at radius 1 is 0.884 bits per heavy atom. The molecular formula is C30H44N6O7. The van der Waals surface area contributed by atoms with Gasteiger partial charge in [-0.05, 0) is 43.2 Å². The van der Waals surface area contributed by atoms with Crippen molar-refractivity contribution in [2.75, 3.05) is 0 Å². The Labute approximate surface area is 251 Å². The van der Waals surface area contributed by atoms with E-state index >= 15 is 0 Å². The van der Waals surface area contributed by atoms with Crippen molar-refractivity contribution in [1.29, 1.82) is 0 Å². The number of nitrogens with one attached hydrogen (secondary N) is 5. The number of hydrogen-bond acceptors (Lipinski definition) is 7. The average Bonchev–Trinajstić information content (AvgIpc) is 3.34. The average molecular weight is 601 g/mol. The van der Waals surface area contributed by atoms with Crippen LogP contribution in [0.3, 0.4) is 0 Å². The third-order valence-electron chi connectivity index (χ3n) is 6.89. The van der Waals surface area contributed by atoms with Gasteiger partial charge in [0.05, 0.1) is 12.1 Å². The number of benzene rings is 1. The van der Waals surface area contributed by atoms with Crippen molar-refractivity contribution in [2.24, 2.45) is 17.6 Å². The highest BCUT2D eigenvalue weighted by Crippen LogP contribution is 2.19. The Hall–Kier alpha value is -4.26. The molecule has 0 radical (unpaired) electrons. The number of nitrogens with two attached hydrogens (primary N) is 1. The van der Waals surface area contributed by atoms with Crippen LogP contribution >= 0.6 is 0 Å². The van der Waals surface area contributed by atoms with Crippen molar-refractivity contribution in [2.45, 2.75) is 90.5 Å². The molecule has 0 saturated heterocycles. The first-order valence-electron chi connectivity index (χ1n) is 14.4. The molecule has 2 rings (SSSR count). The molecule has 1 aromatic heterocycles. The van der Waals surface area contributed by atoms with Crippen molar-refractivity contribution in [3.63, 3.8) is 0 Å². The van der Waals surface area contributed by atoms with Gasteiger partial charge < -0.3 is 41.9 Å².